The molecule has 6 nitrogen and oxygen atoms in total. The second-order valence-electron chi connectivity index (χ2n) is 8.03. The van der Waals surface area contributed by atoms with Gasteiger partial charge in [-0.3, -0.25) is 4.79 Å². The second kappa shape index (κ2) is 8.43. The largest absolute Gasteiger partial charge is 0.872 e. The summed E-state index contributed by atoms with van der Waals surface area (Å²) in [6, 6.07) is 23.5. The fourth-order valence-electron chi connectivity index (χ4n) is 4.48. The van der Waals surface area contributed by atoms with Crippen molar-refractivity contribution < 1.29 is 29.7 Å². The summed E-state index contributed by atoms with van der Waals surface area (Å²) in [7, 11) is 0. The smallest absolute Gasteiger partial charge is 0.339 e. The van der Waals surface area contributed by atoms with Crippen LogP contribution in [-0.2, 0) is 4.79 Å². The highest BCUT2D eigenvalue weighted by Crippen LogP contribution is 2.42. The van der Waals surface area contributed by atoms with E-state index in [1.807, 2.05) is 6.07 Å². The van der Waals surface area contributed by atoms with Gasteiger partial charge >= 0.3 is 5.97 Å². The molecule has 1 N–H and O–H groups in total. The van der Waals surface area contributed by atoms with Gasteiger partial charge in [0.05, 0.1) is 5.97 Å². The van der Waals surface area contributed by atoms with Crippen molar-refractivity contribution in [3.63, 3.8) is 0 Å². The number of aromatic carboxylic acids is 1. The van der Waals surface area contributed by atoms with E-state index in [2.05, 4.69) is 0 Å². The number of hydrogen-bond acceptors (Lipinski definition) is 5. The molecule has 0 amide bonds. The van der Waals surface area contributed by atoms with E-state index in [0.29, 0.717) is 33.2 Å². The van der Waals surface area contributed by atoms with Crippen molar-refractivity contribution >= 4 is 39.6 Å². The molecule has 170 valence electrons. The molecule has 0 aromatic heterocycles. The van der Waals surface area contributed by atoms with Gasteiger partial charge in [0.25, 0.3) is 0 Å². The number of rotatable bonds is 4. The fourth-order valence-corrected chi connectivity index (χ4v) is 4.48. The van der Waals surface area contributed by atoms with Crippen molar-refractivity contribution in [2.75, 3.05) is 0 Å². The zero-order valence-electron chi connectivity index (χ0n) is 18.1. The number of allylic oxidation sites excluding steroid dienone is 2. The minimum atomic E-state index is -1.61. The number of carboxylic acid groups (broad SMARTS) is 2. The van der Waals surface area contributed by atoms with Crippen molar-refractivity contribution in [3.05, 3.63) is 124 Å². The van der Waals surface area contributed by atoms with Gasteiger partial charge in [-0.15, -0.1) is 0 Å². The van der Waals surface area contributed by atoms with Crippen LogP contribution < -0.4 is 10.2 Å². The number of carbonyl (C=O) groups is 3. The Morgan fingerprint density at radius 1 is 0.743 bits per heavy atom. The lowest BCUT2D eigenvalue weighted by Gasteiger charge is -2.25. The van der Waals surface area contributed by atoms with Gasteiger partial charge in [0.15, 0.2) is 0 Å². The van der Waals surface area contributed by atoms with Crippen LogP contribution in [0.25, 0.3) is 21.9 Å². The van der Waals surface area contributed by atoms with Gasteiger partial charge in [-0.05, 0) is 56.3 Å². The first-order valence-corrected chi connectivity index (χ1v) is 10.7. The van der Waals surface area contributed by atoms with E-state index in [4.69, 9.17) is 0 Å². The summed E-state index contributed by atoms with van der Waals surface area (Å²) in [6.45, 7) is 0. The third-order valence-electron chi connectivity index (χ3n) is 6.04. The van der Waals surface area contributed by atoms with E-state index in [1.165, 1.54) is 18.2 Å². The van der Waals surface area contributed by atoms with Gasteiger partial charge in [-0.25, -0.2) is 4.79 Å². The molecule has 0 aliphatic heterocycles. The Kier molecular flexibility index (Phi) is 5.26. The molecule has 5 rings (SSSR count). The van der Waals surface area contributed by atoms with Crippen LogP contribution in [0.15, 0.2) is 96.6 Å². The Hall–Kier alpha value is -4.97. The van der Waals surface area contributed by atoms with E-state index in [-0.39, 0.29) is 10.9 Å². The highest BCUT2D eigenvalue weighted by Gasteiger charge is 2.30. The number of fused-ring (bicyclic) bond motifs is 2. The zero-order valence-corrected chi connectivity index (χ0v) is 18.1. The molecule has 0 atom stereocenters. The molecule has 0 radical (unpaired) electrons. The van der Waals surface area contributed by atoms with Crippen LogP contribution in [0.3, 0.4) is 0 Å². The maximum atomic E-state index is 12.9. The van der Waals surface area contributed by atoms with Crippen LogP contribution in [0, 0.1) is 0 Å². The van der Waals surface area contributed by atoms with Crippen LogP contribution in [0.4, 0.5) is 0 Å². The normalized spacial score (nSPS) is 14.3. The molecule has 0 heterocycles. The summed E-state index contributed by atoms with van der Waals surface area (Å²) >= 11 is 0. The van der Waals surface area contributed by atoms with Gasteiger partial charge < -0.3 is 20.1 Å². The van der Waals surface area contributed by atoms with E-state index in [1.54, 1.807) is 66.7 Å². The molecular weight excluding hydrogens is 444 g/mol. The highest BCUT2D eigenvalue weighted by molar-refractivity contribution is 6.30. The summed E-state index contributed by atoms with van der Waals surface area (Å²) in [4.78, 5) is 36.8. The van der Waals surface area contributed by atoms with Gasteiger partial charge in [-0.1, -0.05) is 84.6 Å². The van der Waals surface area contributed by atoms with Crippen molar-refractivity contribution in [1.29, 1.82) is 0 Å². The molecule has 35 heavy (non-hydrogen) atoms. The Bertz CT molecular complexity index is 1610. The quantitative estimate of drug-likeness (QED) is 0.466. The molecule has 4 aromatic carbocycles. The summed E-state index contributed by atoms with van der Waals surface area (Å²) in [5.74, 6) is -4.26. The van der Waals surface area contributed by atoms with Crippen LogP contribution in [0.1, 0.15) is 37.4 Å². The summed E-state index contributed by atoms with van der Waals surface area (Å²) < 4.78 is 0. The topological polar surface area (TPSA) is 118 Å². The summed E-state index contributed by atoms with van der Waals surface area (Å²) in [5.41, 5.74) is 1.80. The van der Waals surface area contributed by atoms with Crippen LogP contribution in [-0.4, -0.2) is 22.8 Å². The Morgan fingerprint density at radius 3 is 2.00 bits per heavy atom. The monoisotopic (exact) mass is 460 g/mol. The number of carbonyl (C=O) groups excluding carboxylic acids is 2. The molecule has 0 saturated carbocycles. The molecule has 0 spiro atoms. The van der Waals surface area contributed by atoms with Crippen LogP contribution in [0.2, 0.25) is 0 Å². The number of hydrogen-bond donors (Lipinski definition) is 1. The number of aliphatic carboxylic acids is 1. The Morgan fingerprint density at radius 2 is 1.34 bits per heavy atom. The number of Topliss-reactive ketones (excluding diaryl/α,β-unsaturated/α-hetero) is 1. The summed E-state index contributed by atoms with van der Waals surface area (Å²) in [5, 5.41) is 35.2. The minimum Gasteiger partial charge on any atom is -0.872 e. The number of ketones is 1. The molecule has 6 heteroatoms. The average Bonchev–Trinajstić information content (AvgIpc) is 2.87. The van der Waals surface area contributed by atoms with Crippen molar-refractivity contribution in [2.24, 2.45) is 0 Å². The number of benzene rings is 4. The van der Waals surface area contributed by atoms with Gasteiger partial charge in [0.2, 0.25) is 5.78 Å². The molecule has 1 aliphatic carbocycles. The molecule has 0 saturated heterocycles. The van der Waals surface area contributed by atoms with Gasteiger partial charge in [0, 0.05) is 5.56 Å². The van der Waals surface area contributed by atoms with E-state index >= 15 is 0 Å². The Labute approximate surface area is 199 Å². The second-order valence-corrected chi connectivity index (χ2v) is 8.03. The van der Waals surface area contributed by atoms with E-state index in [9.17, 15) is 29.7 Å². The fraction of sp³-hybridized carbons (Fsp3) is 0. The predicted octanol–water partition coefficient (Wildman–Crippen LogP) is 3.44. The molecule has 1 aliphatic rings. The molecule has 4 aromatic rings. The first-order chi connectivity index (χ1) is 16.9. The SMILES string of the molecule is O=C(O)C1=CC(=C(c2ccccc2)c2cc(C(=O)[O-])c([O-])c3ccccc23)c2ccccc2C1=O. The van der Waals surface area contributed by atoms with Crippen molar-refractivity contribution in [2.45, 2.75) is 0 Å². The predicted molar refractivity (Wildman–Crippen MR) is 127 cm³/mol. The minimum absolute atomic E-state index is 0.195. The lowest BCUT2D eigenvalue weighted by molar-refractivity contribution is -0.274. The van der Waals surface area contributed by atoms with Crippen molar-refractivity contribution in [3.8, 4) is 5.75 Å². The molecule has 0 unspecified atom stereocenters. The van der Waals surface area contributed by atoms with Crippen LogP contribution >= 0.6 is 0 Å². The standard InChI is InChI=1S/C29H18O6/c30-26-19-12-6-4-10-17(19)21(14-23(26)28(32)33)25(16-8-2-1-3-9-16)22-15-24(29(34)35)27(31)20-13-7-5-11-18(20)22/h1-15,30H,(H,32,33)(H,34,35)/p-2. The number of carboxylic acids is 2. The van der Waals surface area contributed by atoms with Crippen LogP contribution in [0.5, 0.6) is 5.75 Å². The molecule has 0 fully saturated rings. The Balaban J connectivity index is 2.01. The third-order valence-corrected chi connectivity index (χ3v) is 6.04. The first kappa shape index (κ1) is 21.9. The maximum absolute atomic E-state index is 12.9. The lowest BCUT2D eigenvalue weighted by atomic mass is 9.80. The van der Waals surface area contributed by atoms with E-state index in [0.717, 1.165) is 0 Å². The molecule has 0 bridgehead atoms. The maximum Gasteiger partial charge on any atom is 0.339 e. The summed E-state index contributed by atoms with van der Waals surface area (Å²) in [6.07, 6.45) is 1.31. The van der Waals surface area contributed by atoms with Gasteiger partial charge in [-0.2, -0.15) is 0 Å². The first-order valence-electron chi connectivity index (χ1n) is 10.7. The molecular formula is C29H16O6-2. The highest BCUT2D eigenvalue weighted by atomic mass is 16.4. The lowest BCUT2D eigenvalue weighted by Crippen LogP contribution is -2.24. The van der Waals surface area contributed by atoms with E-state index < -0.39 is 34.6 Å². The zero-order chi connectivity index (χ0) is 24.7. The third kappa shape index (κ3) is 3.57. The van der Waals surface area contributed by atoms with Gasteiger partial charge in [0.1, 0.15) is 5.57 Å². The van der Waals surface area contributed by atoms with Crippen molar-refractivity contribution in [1.82, 2.24) is 0 Å². The average molecular weight is 460 g/mol.